The van der Waals surface area contributed by atoms with Crippen molar-refractivity contribution in [2.45, 2.75) is 17.7 Å². The fourth-order valence-electron chi connectivity index (χ4n) is 5.77. The maximum Gasteiger partial charge on any atom is 0.422 e. The number of nitrogens with zero attached hydrogens (tertiary/aromatic N) is 6. The van der Waals surface area contributed by atoms with E-state index in [1.165, 1.54) is 46.2 Å². The number of hydrogen-bond acceptors (Lipinski definition) is 9. The maximum atomic E-state index is 13.6. The monoisotopic (exact) mass is 759 g/mol. The van der Waals surface area contributed by atoms with E-state index in [1.54, 1.807) is 40.7 Å². The van der Waals surface area contributed by atoms with Crippen LogP contribution in [0.3, 0.4) is 0 Å². The maximum absolute atomic E-state index is 13.6. The molecule has 0 atom stereocenters. The number of carbonyl (C=O) groups excluding carboxylic acids is 1. The molecule has 1 fully saturated rings. The van der Waals surface area contributed by atoms with Crippen molar-refractivity contribution in [3.8, 4) is 17.4 Å². The van der Waals surface area contributed by atoms with Gasteiger partial charge in [-0.1, -0.05) is 23.7 Å². The lowest BCUT2D eigenvalue weighted by atomic mass is 10.2. The van der Waals surface area contributed by atoms with Crippen LogP contribution >= 0.6 is 22.9 Å². The van der Waals surface area contributed by atoms with Gasteiger partial charge in [0.2, 0.25) is 5.88 Å². The Hall–Kier alpha value is -4.84. The van der Waals surface area contributed by atoms with Gasteiger partial charge in [-0.25, -0.2) is 9.97 Å². The van der Waals surface area contributed by atoms with E-state index in [-0.39, 0.29) is 33.4 Å². The Morgan fingerprint density at radius 3 is 2.47 bits per heavy atom. The van der Waals surface area contributed by atoms with Crippen molar-refractivity contribution in [3.63, 3.8) is 0 Å². The molecule has 1 saturated heterocycles. The Bertz CT molecular complexity index is 2320. The standard InChI is InChI=1S/C33H29ClF3N7O5S2/c1-41-26-17-25(49-28-9-5-23(18-38-28)40-51(46,47)31-29(34)39-32-44(31)14-15-50-32)8-4-22(26)16-27(41)30(45)43-12-10-42(11-13-43)19-21-2-6-24(7-3-21)48-20-33(35,36)37/h2-9,14-18,40H,10-13,19-20H2,1H3. The predicted molar refractivity (Wildman–Crippen MR) is 185 cm³/mol. The number of halogens is 4. The van der Waals surface area contributed by atoms with Gasteiger partial charge in [-0.15, -0.1) is 11.3 Å². The summed E-state index contributed by atoms with van der Waals surface area (Å²) in [6.45, 7) is 1.59. The van der Waals surface area contributed by atoms with Gasteiger partial charge in [0.1, 0.15) is 17.2 Å². The number of piperazine rings is 1. The number of alkyl halides is 3. The molecular formula is C33H29ClF3N7O5S2. The molecule has 1 aliphatic heterocycles. The molecule has 12 nitrogen and oxygen atoms in total. The zero-order chi connectivity index (χ0) is 35.9. The molecule has 1 amide bonds. The van der Waals surface area contributed by atoms with Gasteiger partial charge in [0, 0.05) is 68.9 Å². The number of aromatic nitrogens is 4. The number of fused-ring (bicyclic) bond motifs is 2. The third-order valence-electron chi connectivity index (χ3n) is 8.27. The SMILES string of the molecule is Cn1c(C(=O)N2CCN(Cc3ccc(OCC(F)(F)F)cc3)CC2)cc2ccc(Oc3ccc(NS(=O)(=O)c4c(Cl)nc5sccn45)cn3)cc21. The van der Waals surface area contributed by atoms with Crippen LogP contribution in [0.15, 0.2) is 83.5 Å². The largest absolute Gasteiger partial charge is 0.484 e. The minimum absolute atomic E-state index is 0.0985. The van der Waals surface area contributed by atoms with Crippen molar-refractivity contribution in [1.29, 1.82) is 0 Å². The van der Waals surface area contributed by atoms with Gasteiger partial charge in [-0.3, -0.25) is 18.8 Å². The van der Waals surface area contributed by atoms with Crippen LogP contribution in [-0.4, -0.2) is 82.0 Å². The summed E-state index contributed by atoms with van der Waals surface area (Å²) < 4.78 is 79.7. The molecule has 1 aliphatic rings. The molecule has 0 spiro atoms. The summed E-state index contributed by atoms with van der Waals surface area (Å²) in [6, 6.07) is 16.8. The van der Waals surface area contributed by atoms with Gasteiger partial charge in [0.05, 0.1) is 17.4 Å². The topological polar surface area (TPSA) is 123 Å². The number of nitrogens with one attached hydrogen (secondary N) is 1. The van der Waals surface area contributed by atoms with Crippen molar-refractivity contribution >= 4 is 60.4 Å². The third kappa shape index (κ3) is 7.61. The molecule has 4 aromatic heterocycles. The van der Waals surface area contributed by atoms with Gasteiger partial charge in [-0.2, -0.15) is 21.6 Å². The highest BCUT2D eigenvalue weighted by atomic mass is 35.5. The van der Waals surface area contributed by atoms with Crippen LogP contribution in [0.1, 0.15) is 16.1 Å². The quantitative estimate of drug-likeness (QED) is 0.170. The lowest BCUT2D eigenvalue weighted by Crippen LogP contribution is -2.48. The lowest BCUT2D eigenvalue weighted by Gasteiger charge is -2.34. The molecular weight excluding hydrogens is 731 g/mol. The predicted octanol–water partition coefficient (Wildman–Crippen LogP) is 6.43. The number of pyridine rings is 1. The van der Waals surface area contributed by atoms with Crippen LogP contribution in [0.25, 0.3) is 15.9 Å². The second-order valence-electron chi connectivity index (χ2n) is 11.8. The molecule has 0 saturated carbocycles. The molecule has 0 radical (unpaired) electrons. The summed E-state index contributed by atoms with van der Waals surface area (Å²) in [6.07, 6.45) is -1.48. The molecule has 5 heterocycles. The van der Waals surface area contributed by atoms with Gasteiger partial charge in [0.25, 0.3) is 15.9 Å². The van der Waals surface area contributed by atoms with Crippen LogP contribution in [0.4, 0.5) is 18.9 Å². The number of aryl methyl sites for hydroxylation is 1. The average molecular weight is 760 g/mol. The normalized spacial score (nSPS) is 14.3. The van der Waals surface area contributed by atoms with Crippen LogP contribution in [0.2, 0.25) is 5.15 Å². The summed E-state index contributed by atoms with van der Waals surface area (Å²) in [5, 5.41) is 2.26. The van der Waals surface area contributed by atoms with Crippen LogP contribution in [-0.2, 0) is 23.6 Å². The van der Waals surface area contributed by atoms with Crippen molar-refractivity contribution < 1.29 is 35.9 Å². The van der Waals surface area contributed by atoms with Crippen LogP contribution in [0.5, 0.6) is 17.4 Å². The Kier molecular flexibility index (Phi) is 9.30. The summed E-state index contributed by atoms with van der Waals surface area (Å²) in [4.78, 5) is 26.3. The molecule has 266 valence electrons. The van der Waals surface area contributed by atoms with E-state index in [0.717, 1.165) is 16.5 Å². The number of benzene rings is 2. The molecule has 0 aliphatic carbocycles. The van der Waals surface area contributed by atoms with Crippen molar-refractivity contribution in [2.75, 3.05) is 37.5 Å². The second-order valence-corrected chi connectivity index (χ2v) is 14.6. The van der Waals surface area contributed by atoms with E-state index < -0.39 is 22.8 Å². The molecule has 7 rings (SSSR count). The highest BCUT2D eigenvalue weighted by molar-refractivity contribution is 7.92. The minimum atomic E-state index is -4.39. The fraction of sp³-hybridized carbons (Fsp3) is 0.242. The zero-order valence-corrected chi connectivity index (χ0v) is 29.2. The number of rotatable bonds is 10. The molecule has 1 N–H and O–H groups in total. The van der Waals surface area contributed by atoms with E-state index >= 15 is 0 Å². The number of sulfonamides is 1. The van der Waals surface area contributed by atoms with E-state index in [0.29, 0.717) is 49.1 Å². The second kappa shape index (κ2) is 13.7. The smallest absolute Gasteiger partial charge is 0.422 e. The average Bonchev–Trinajstić information content (AvgIpc) is 3.77. The highest BCUT2D eigenvalue weighted by Crippen LogP contribution is 2.30. The van der Waals surface area contributed by atoms with Crippen LogP contribution < -0.4 is 14.2 Å². The van der Waals surface area contributed by atoms with E-state index in [4.69, 9.17) is 21.1 Å². The number of ether oxygens (including phenoxy) is 2. The number of imidazole rings is 1. The first kappa shape index (κ1) is 34.6. The zero-order valence-electron chi connectivity index (χ0n) is 26.8. The van der Waals surface area contributed by atoms with Crippen molar-refractivity contribution in [2.24, 2.45) is 7.05 Å². The third-order valence-corrected chi connectivity index (χ3v) is 10.8. The molecule has 51 heavy (non-hydrogen) atoms. The van der Waals surface area contributed by atoms with Gasteiger partial charge in [0.15, 0.2) is 21.7 Å². The molecule has 6 aromatic rings. The van der Waals surface area contributed by atoms with Gasteiger partial charge < -0.3 is 18.9 Å². The number of hydrogen-bond donors (Lipinski definition) is 1. The van der Waals surface area contributed by atoms with Crippen molar-refractivity contribution in [3.05, 3.63) is 94.8 Å². The Balaban J connectivity index is 0.953. The highest BCUT2D eigenvalue weighted by Gasteiger charge is 2.29. The number of carbonyl (C=O) groups is 1. The number of anilines is 1. The van der Waals surface area contributed by atoms with E-state index in [2.05, 4.69) is 19.6 Å². The van der Waals surface area contributed by atoms with E-state index in [1.807, 2.05) is 23.7 Å². The first-order valence-corrected chi connectivity index (χ1v) is 18.2. The molecule has 0 bridgehead atoms. The summed E-state index contributed by atoms with van der Waals surface area (Å²) in [5.41, 5.74) is 2.45. The minimum Gasteiger partial charge on any atom is -0.484 e. The van der Waals surface area contributed by atoms with Gasteiger partial charge in [-0.05, 0) is 42.0 Å². The fourth-order valence-corrected chi connectivity index (χ4v) is 8.27. The summed E-state index contributed by atoms with van der Waals surface area (Å²) in [5.74, 6) is 0.766. The Morgan fingerprint density at radius 1 is 1.02 bits per heavy atom. The molecule has 18 heteroatoms. The van der Waals surface area contributed by atoms with Crippen LogP contribution in [0, 0.1) is 0 Å². The first-order valence-electron chi connectivity index (χ1n) is 15.5. The summed E-state index contributed by atoms with van der Waals surface area (Å²) in [7, 11) is -2.24. The lowest BCUT2D eigenvalue weighted by molar-refractivity contribution is -0.153. The molecule has 0 unspecified atom stereocenters. The van der Waals surface area contributed by atoms with E-state index in [9.17, 15) is 26.4 Å². The number of amides is 1. The van der Waals surface area contributed by atoms with Gasteiger partial charge >= 0.3 is 6.18 Å². The summed E-state index contributed by atoms with van der Waals surface area (Å²) >= 11 is 7.37. The Labute approximate surface area is 298 Å². The number of thiazole rings is 1. The van der Waals surface area contributed by atoms with Crippen molar-refractivity contribution in [1.82, 2.24) is 28.7 Å². The Morgan fingerprint density at radius 2 is 1.76 bits per heavy atom. The molecule has 2 aromatic carbocycles. The first-order chi connectivity index (χ1) is 24.3.